The number of aliphatic hydroxyl groups excluding tert-OH is 1. The van der Waals surface area contributed by atoms with Gasteiger partial charge in [0.2, 0.25) is 5.88 Å². The fourth-order valence-electron chi connectivity index (χ4n) is 1.91. The van der Waals surface area contributed by atoms with Crippen molar-refractivity contribution in [3.05, 3.63) is 41.6 Å². The fraction of sp³-hybridized carbons (Fsp3) is 0.375. The number of hydrogen-bond acceptors (Lipinski definition) is 5. The summed E-state index contributed by atoms with van der Waals surface area (Å²) in [6.45, 7) is 6.18. The van der Waals surface area contributed by atoms with Gasteiger partial charge in [-0.15, -0.1) is 10.2 Å². The van der Waals surface area contributed by atoms with Crippen LogP contribution in [-0.4, -0.2) is 22.4 Å². The third kappa shape index (κ3) is 3.70. The zero-order valence-electron chi connectivity index (χ0n) is 12.8. The lowest BCUT2D eigenvalue weighted by Gasteiger charge is -2.23. The SMILES string of the molecule is COc1ccc(Oc2ccc(CO)nn2)c(C(C)(C)C)c1. The summed E-state index contributed by atoms with van der Waals surface area (Å²) in [4.78, 5) is 0. The first-order valence-electron chi connectivity index (χ1n) is 6.74. The third-order valence-electron chi connectivity index (χ3n) is 3.07. The van der Waals surface area contributed by atoms with Crippen molar-refractivity contribution in [2.45, 2.75) is 32.8 Å². The molecule has 21 heavy (non-hydrogen) atoms. The summed E-state index contributed by atoms with van der Waals surface area (Å²) in [7, 11) is 1.64. The van der Waals surface area contributed by atoms with Crippen LogP contribution in [-0.2, 0) is 12.0 Å². The van der Waals surface area contributed by atoms with Crippen LogP contribution in [0.2, 0.25) is 0 Å². The summed E-state index contributed by atoms with van der Waals surface area (Å²) in [5.74, 6) is 1.89. The van der Waals surface area contributed by atoms with Crippen LogP contribution >= 0.6 is 0 Å². The molecule has 0 amide bonds. The Morgan fingerprint density at radius 1 is 1.10 bits per heavy atom. The van der Waals surface area contributed by atoms with E-state index in [1.807, 2.05) is 18.2 Å². The first-order chi connectivity index (χ1) is 9.94. The van der Waals surface area contributed by atoms with Gasteiger partial charge in [0.1, 0.15) is 11.5 Å². The summed E-state index contributed by atoms with van der Waals surface area (Å²) in [6, 6.07) is 9.05. The van der Waals surface area contributed by atoms with Crippen LogP contribution in [0.25, 0.3) is 0 Å². The van der Waals surface area contributed by atoms with Crippen molar-refractivity contribution in [1.29, 1.82) is 0 Å². The van der Waals surface area contributed by atoms with Crippen molar-refractivity contribution in [1.82, 2.24) is 10.2 Å². The molecule has 5 heteroatoms. The third-order valence-corrected chi connectivity index (χ3v) is 3.07. The predicted octanol–water partition coefficient (Wildman–Crippen LogP) is 3.07. The molecule has 1 aromatic carbocycles. The molecular weight excluding hydrogens is 268 g/mol. The fourth-order valence-corrected chi connectivity index (χ4v) is 1.91. The second-order valence-corrected chi connectivity index (χ2v) is 5.74. The largest absolute Gasteiger partial charge is 0.497 e. The van der Waals surface area contributed by atoms with Crippen LogP contribution in [0.1, 0.15) is 32.0 Å². The van der Waals surface area contributed by atoms with E-state index >= 15 is 0 Å². The van der Waals surface area contributed by atoms with Crippen molar-refractivity contribution >= 4 is 0 Å². The molecule has 0 aliphatic rings. The number of methoxy groups -OCH3 is 1. The highest BCUT2D eigenvalue weighted by Gasteiger charge is 2.20. The van der Waals surface area contributed by atoms with Crippen LogP contribution in [0.5, 0.6) is 17.4 Å². The molecule has 0 radical (unpaired) electrons. The van der Waals surface area contributed by atoms with Gasteiger partial charge in [-0.1, -0.05) is 20.8 Å². The van der Waals surface area contributed by atoms with Crippen molar-refractivity contribution in [3.8, 4) is 17.4 Å². The standard InChI is InChI=1S/C16H20N2O3/c1-16(2,3)13-9-12(20-4)6-7-14(13)21-15-8-5-11(10-19)17-18-15/h5-9,19H,10H2,1-4H3. The minimum atomic E-state index is -0.136. The van der Waals surface area contributed by atoms with Crippen molar-refractivity contribution in [2.24, 2.45) is 0 Å². The Morgan fingerprint density at radius 3 is 2.38 bits per heavy atom. The molecule has 0 atom stereocenters. The van der Waals surface area contributed by atoms with Gasteiger partial charge >= 0.3 is 0 Å². The Kier molecular flexibility index (Phi) is 4.43. The maximum Gasteiger partial charge on any atom is 0.238 e. The molecule has 0 bridgehead atoms. The predicted molar refractivity (Wildman–Crippen MR) is 79.7 cm³/mol. The lowest BCUT2D eigenvalue weighted by Crippen LogP contribution is -2.13. The van der Waals surface area contributed by atoms with Gasteiger partial charge in [0.25, 0.3) is 0 Å². The van der Waals surface area contributed by atoms with E-state index in [-0.39, 0.29) is 12.0 Å². The van der Waals surface area contributed by atoms with Crippen molar-refractivity contribution in [2.75, 3.05) is 7.11 Å². The molecule has 0 aliphatic heterocycles. The molecule has 0 saturated heterocycles. The minimum absolute atomic E-state index is 0.0949. The van der Waals surface area contributed by atoms with Crippen LogP contribution in [0, 0.1) is 0 Å². The number of aromatic nitrogens is 2. The molecule has 0 unspecified atom stereocenters. The first-order valence-corrected chi connectivity index (χ1v) is 6.74. The molecule has 0 fully saturated rings. The van der Waals surface area contributed by atoms with Gasteiger partial charge in [0, 0.05) is 11.6 Å². The van der Waals surface area contributed by atoms with Crippen molar-refractivity contribution < 1.29 is 14.6 Å². The van der Waals surface area contributed by atoms with Gasteiger partial charge in [-0.3, -0.25) is 0 Å². The Hall–Kier alpha value is -2.14. The monoisotopic (exact) mass is 288 g/mol. The number of aliphatic hydroxyl groups is 1. The number of rotatable bonds is 4. The van der Waals surface area contributed by atoms with Crippen LogP contribution in [0.4, 0.5) is 0 Å². The molecule has 5 nitrogen and oxygen atoms in total. The summed E-state index contributed by atoms with van der Waals surface area (Å²) in [6.07, 6.45) is 0. The Balaban J connectivity index is 2.34. The summed E-state index contributed by atoms with van der Waals surface area (Å²) < 4.78 is 11.1. The zero-order chi connectivity index (χ0) is 15.5. The molecule has 0 spiro atoms. The van der Waals surface area contributed by atoms with Gasteiger partial charge in [-0.2, -0.15) is 0 Å². The molecule has 1 heterocycles. The smallest absolute Gasteiger partial charge is 0.238 e. The van der Waals surface area contributed by atoms with E-state index < -0.39 is 0 Å². The molecule has 0 aliphatic carbocycles. The zero-order valence-corrected chi connectivity index (χ0v) is 12.8. The second kappa shape index (κ2) is 6.10. The van der Waals surface area contributed by atoms with Gasteiger partial charge in [-0.25, -0.2) is 0 Å². The number of benzene rings is 1. The topological polar surface area (TPSA) is 64.5 Å². The molecule has 2 rings (SSSR count). The number of ether oxygens (including phenoxy) is 2. The lowest BCUT2D eigenvalue weighted by molar-refractivity contribution is 0.274. The summed E-state index contributed by atoms with van der Waals surface area (Å²) in [5.41, 5.74) is 1.44. The molecule has 112 valence electrons. The van der Waals surface area contributed by atoms with E-state index in [1.165, 1.54) is 0 Å². The quantitative estimate of drug-likeness (QED) is 0.936. The normalized spacial score (nSPS) is 11.3. The first kappa shape index (κ1) is 15.3. The van der Waals surface area contributed by atoms with Gasteiger partial charge in [0.15, 0.2) is 0 Å². The van der Waals surface area contributed by atoms with E-state index in [0.717, 1.165) is 11.3 Å². The van der Waals surface area contributed by atoms with Gasteiger partial charge in [0.05, 0.1) is 19.4 Å². The number of nitrogens with zero attached hydrogens (tertiary/aromatic N) is 2. The van der Waals surface area contributed by atoms with Crippen LogP contribution in [0.3, 0.4) is 0 Å². The average Bonchev–Trinajstić information content (AvgIpc) is 2.47. The summed E-state index contributed by atoms with van der Waals surface area (Å²) >= 11 is 0. The van der Waals surface area contributed by atoms with E-state index in [9.17, 15) is 0 Å². The summed E-state index contributed by atoms with van der Waals surface area (Å²) in [5, 5.41) is 16.8. The molecular formula is C16H20N2O3. The minimum Gasteiger partial charge on any atom is -0.497 e. The van der Waals surface area contributed by atoms with E-state index in [4.69, 9.17) is 14.6 Å². The Bertz CT molecular complexity index is 604. The van der Waals surface area contributed by atoms with E-state index in [0.29, 0.717) is 17.3 Å². The highest BCUT2D eigenvalue weighted by Crippen LogP contribution is 2.36. The second-order valence-electron chi connectivity index (χ2n) is 5.74. The average molecular weight is 288 g/mol. The lowest BCUT2D eigenvalue weighted by atomic mass is 9.86. The Morgan fingerprint density at radius 2 is 1.86 bits per heavy atom. The van der Waals surface area contributed by atoms with Crippen LogP contribution < -0.4 is 9.47 Å². The molecule has 1 N–H and O–H groups in total. The maximum atomic E-state index is 8.97. The maximum absolute atomic E-state index is 8.97. The van der Waals surface area contributed by atoms with E-state index in [2.05, 4.69) is 31.0 Å². The highest BCUT2D eigenvalue weighted by molar-refractivity contribution is 5.45. The Labute approximate surface area is 124 Å². The van der Waals surface area contributed by atoms with Crippen LogP contribution in [0.15, 0.2) is 30.3 Å². The van der Waals surface area contributed by atoms with Gasteiger partial charge in [-0.05, 0) is 29.7 Å². The molecule has 0 saturated carbocycles. The van der Waals surface area contributed by atoms with Crippen molar-refractivity contribution in [3.63, 3.8) is 0 Å². The van der Waals surface area contributed by atoms with Gasteiger partial charge < -0.3 is 14.6 Å². The number of hydrogen-bond donors (Lipinski definition) is 1. The molecule has 2 aromatic rings. The van der Waals surface area contributed by atoms with E-state index in [1.54, 1.807) is 19.2 Å². The molecule has 1 aromatic heterocycles. The highest BCUT2D eigenvalue weighted by atomic mass is 16.5.